The molecule has 0 amide bonds. The van der Waals surface area contributed by atoms with Crippen molar-refractivity contribution < 1.29 is 4.39 Å². The van der Waals surface area contributed by atoms with Gasteiger partial charge in [-0.25, -0.2) is 4.39 Å². The Balaban J connectivity index is 1.88. The van der Waals surface area contributed by atoms with Gasteiger partial charge in [0.1, 0.15) is 5.82 Å². The lowest BCUT2D eigenvalue weighted by Crippen LogP contribution is -2.45. The van der Waals surface area contributed by atoms with E-state index in [1.165, 1.54) is 6.07 Å². The minimum absolute atomic E-state index is 0.176. The summed E-state index contributed by atoms with van der Waals surface area (Å²) in [7, 11) is 0. The van der Waals surface area contributed by atoms with Gasteiger partial charge in [0.25, 0.3) is 0 Å². The topological polar surface area (TPSA) is 30.3 Å². The zero-order chi connectivity index (χ0) is 13.0. The molecule has 0 aromatic heterocycles. The Morgan fingerprint density at radius 3 is 2.50 bits per heavy atom. The van der Waals surface area contributed by atoms with Gasteiger partial charge in [0.2, 0.25) is 0 Å². The number of nitriles is 1. The van der Waals surface area contributed by atoms with Crippen molar-refractivity contribution in [1.82, 2.24) is 9.80 Å². The van der Waals surface area contributed by atoms with Gasteiger partial charge < -0.3 is 0 Å². The van der Waals surface area contributed by atoms with Crippen LogP contribution in [0.5, 0.6) is 0 Å². The molecule has 96 valence electrons. The van der Waals surface area contributed by atoms with E-state index < -0.39 is 0 Å². The van der Waals surface area contributed by atoms with E-state index in [0.717, 1.165) is 38.3 Å². The molecule has 1 aliphatic heterocycles. The van der Waals surface area contributed by atoms with Gasteiger partial charge in [-0.2, -0.15) is 5.26 Å². The molecule has 0 unspecified atom stereocenters. The van der Waals surface area contributed by atoms with Crippen LogP contribution in [0, 0.1) is 17.1 Å². The molecule has 0 atom stereocenters. The van der Waals surface area contributed by atoms with Crippen LogP contribution in [0.4, 0.5) is 4.39 Å². The molecule has 0 N–H and O–H groups in total. The third kappa shape index (κ3) is 3.42. The molecule has 18 heavy (non-hydrogen) atoms. The van der Waals surface area contributed by atoms with Gasteiger partial charge >= 0.3 is 0 Å². The number of benzene rings is 1. The Hall–Kier alpha value is -1.15. The Bertz CT molecular complexity index is 450. The molecule has 1 aromatic carbocycles. The molecule has 2 rings (SSSR count). The van der Waals surface area contributed by atoms with Crippen LogP contribution in [0.15, 0.2) is 18.2 Å². The SMILES string of the molecule is N#CCN1CCN(Cc2ccc(F)c(Cl)c2)CC1. The van der Waals surface area contributed by atoms with Crippen LogP contribution in [0.1, 0.15) is 5.56 Å². The Morgan fingerprint density at radius 1 is 1.22 bits per heavy atom. The Kier molecular flexibility index (Phi) is 4.54. The van der Waals surface area contributed by atoms with Crippen molar-refractivity contribution in [2.75, 3.05) is 32.7 Å². The van der Waals surface area contributed by atoms with Crippen molar-refractivity contribution in [2.45, 2.75) is 6.54 Å². The standard InChI is InChI=1S/C13H15ClFN3/c14-12-9-11(1-2-13(12)15)10-18-7-5-17(4-3-16)6-8-18/h1-2,9H,4-8,10H2. The summed E-state index contributed by atoms with van der Waals surface area (Å²) in [5, 5.41) is 8.80. The van der Waals surface area contributed by atoms with Crippen LogP contribution in [-0.4, -0.2) is 42.5 Å². The van der Waals surface area contributed by atoms with Gasteiger partial charge in [0.05, 0.1) is 17.6 Å². The van der Waals surface area contributed by atoms with E-state index in [2.05, 4.69) is 15.9 Å². The summed E-state index contributed by atoms with van der Waals surface area (Å²) in [4.78, 5) is 4.42. The summed E-state index contributed by atoms with van der Waals surface area (Å²) in [5.74, 6) is -0.376. The smallest absolute Gasteiger partial charge is 0.141 e. The molecule has 3 nitrogen and oxygen atoms in total. The Labute approximate surface area is 111 Å². The van der Waals surface area contributed by atoms with Crippen LogP contribution < -0.4 is 0 Å². The van der Waals surface area contributed by atoms with Gasteiger partial charge in [-0.1, -0.05) is 17.7 Å². The zero-order valence-corrected chi connectivity index (χ0v) is 10.8. The first kappa shape index (κ1) is 13.3. The highest BCUT2D eigenvalue weighted by Gasteiger charge is 2.16. The highest BCUT2D eigenvalue weighted by molar-refractivity contribution is 6.30. The van der Waals surface area contributed by atoms with Gasteiger partial charge in [0, 0.05) is 32.7 Å². The average molecular weight is 268 g/mol. The highest BCUT2D eigenvalue weighted by atomic mass is 35.5. The van der Waals surface area contributed by atoms with Crippen molar-refractivity contribution in [3.8, 4) is 6.07 Å². The summed E-state index contributed by atoms with van der Waals surface area (Å²) in [5.41, 5.74) is 1.02. The van der Waals surface area contributed by atoms with Gasteiger partial charge in [-0.05, 0) is 17.7 Å². The summed E-state index contributed by atoms with van der Waals surface area (Å²) in [6.07, 6.45) is 0. The molecule has 1 fully saturated rings. The van der Waals surface area contributed by atoms with Crippen molar-refractivity contribution in [1.29, 1.82) is 5.26 Å². The third-order valence-electron chi connectivity index (χ3n) is 3.15. The summed E-state index contributed by atoms with van der Waals surface area (Å²) in [6.45, 7) is 4.94. The maximum Gasteiger partial charge on any atom is 0.141 e. The molecule has 0 saturated carbocycles. The van der Waals surface area contributed by atoms with E-state index in [1.54, 1.807) is 12.1 Å². The molecular formula is C13H15ClFN3. The second-order valence-corrected chi connectivity index (χ2v) is 4.87. The second-order valence-electron chi connectivity index (χ2n) is 4.46. The number of hydrogen-bond acceptors (Lipinski definition) is 3. The molecule has 1 aromatic rings. The Morgan fingerprint density at radius 2 is 1.89 bits per heavy atom. The molecule has 0 bridgehead atoms. The van der Waals surface area contributed by atoms with E-state index in [4.69, 9.17) is 16.9 Å². The minimum atomic E-state index is -0.376. The molecule has 5 heteroatoms. The first-order valence-corrected chi connectivity index (χ1v) is 6.32. The van der Waals surface area contributed by atoms with E-state index in [0.29, 0.717) is 6.54 Å². The summed E-state index contributed by atoms with van der Waals surface area (Å²) >= 11 is 5.76. The van der Waals surface area contributed by atoms with Crippen LogP contribution in [0.2, 0.25) is 5.02 Å². The van der Waals surface area contributed by atoms with Gasteiger partial charge in [-0.3, -0.25) is 9.80 Å². The van der Waals surface area contributed by atoms with Crippen molar-refractivity contribution in [2.24, 2.45) is 0 Å². The fraction of sp³-hybridized carbons (Fsp3) is 0.462. The number of piperazine rings is 1. The average Bonchev–Trinajstić information content (AvgIpc) is 2.37. The van der Waals surface area contributed by atoms with E-state index >= 15 is 0 Å². The normalized spacial score (nSPS) is 17.6. The molecule has 0 radical (unpaired) electrons. The van der Waals surface area contributed by atoms with Crippen LogP contribution >= 0.6 is 11.6 Å². The molecule has 0 aliphatic carbocycles. The van der Waals surface area contributed by atoms with Crippen LogP contribution in [0.3, 0.4) is 0 Å². The molecule has 1 saturated heterocycles. The maximum atomic E-state index is 13.0. The first-order chi connectivity index (χ1) is 8.69. The number of nitrogens with zero attached hydrogens (tertiary/aromatic N) is 3. The lowest BCUT2D eigenvalue weighted by Gasteiger charge is -2.33. The summed E-state index contributed by atoms with van der Waals surface area (Å²) in [6, 6.07) is 7.02. The quantitative estimate of drug-likeness (QED) is 0.786. The number of rotatable bonds is 3. The fourth-order valence-electron chi connectivity index (χ4n) is 2.10. The van der Waals surface area contributed by atoms with E-state index in [1.807, 2.05) is 0 Å². The maximum absolute atomic E-state index is 13.0. The lowest BCUT2D eigenvalue weighted by molar-refractivity contribution is 0.138. The van der Waals surface area contributed by atoms with E-state index in [9.17, 15) is 4.39 Å². The second kappa shape index (κ2) is 6.14. The fourth-order valence-corrected chi connectivity index (χ4v) is 2.30. The van der Waals surface area contributed by atoms with Crippen molar-refractivity contribution in [3.05, 3.63) is 34.6 Å². The van der Waals surface area contributed by atoms with Gasteiger partial charge in [0.15, 0.2) is 0 Å². The van der Waals surface area contributed by atoms with Crippen LogP contribution in [-0.2, 0) is 6.54 Å². The summed E-state index contributed by atoms with van der Waals surface area (Å²) < 4.78 is 13.0. The number of hydrogen-bond donors (Lipinski definition) is 0. The number of halogens is 2. The molecular weight excluding hydrogens is 253 g/mol. The van der Waals surface area contributed by atoms with Crippen molar-refractivity contribution in [3.63, 3.8) is 0 Å². The first-order valence-electron chi connectivity index (χ1n) is 5.94. The largest absolute Gasteiger partial charge is 0.297 e. The molecule has 1 aliphatic rings. The van der Waals surface area contributed by atoms with Crippen LogP contribution in [0.25, 0.3) is 0 Å². The van der Waals surface area contributed by atoms with E-state index in [-0.39, 0.29) is 10.8 Å². The molecule has 0 spiro atoms. The minimum Gasteiger partial charge on any atom is -0.297 e. The lowest BCUT2D eigenvalue weighted by atomic mass is 10.2. The predicted octanol–water partition coefficient (Wildman–Crippen LogP) is 2.12. The highest BCUT2D eigenvalue weighted by Crippen LogP contribution is 2.17. The van der Waals surface area contributed by atoms with Gasteiger partial charge in [-0.15, -0.1) is 0 Å². The zero-order valence-electron chi connectivity index (χ0n) is 10.1. The molecule has 1 heterocycles. The third-order valence-corrected chi connectivity index (χ3v) is 3.44. The van der Waals surface area contributed by atoms with Crippen molar-refractivity contribution >= 4 is 11.6 Å². The predicted molar refractivity (Wildman–Crippen MR) is 68.7 cm³/mol. The monoisotopic (exact) mass is 267 g/mol.